The number of ether oxygens (including phenoxy) is 1. The molecule has 27 heavy (non-hydrogen) atoms. The Hall–Kier alpha value is -2.26. The van der Waals surface area contributed by atoms with Gasteiger partial charge in [0.25, 0.3) is 12.3 Å². The summed E-state index contributed by atoms with van der Waals surface area (Å²) in [4.78, 5) is 12.5. The summed E-state index contributed by atoms with van der Waals surface area (Å²) in [6, 6.07) is 2.21. The summed E-state index contributed by atoms with van der Waals surface area (Å²) in [5.41, 5.74) is 6.41. The molecule has 1 aliphatic carbocycles. The van der Waals surface area contributed by atoms with E-state index in [0.717, 1.165) is 0 Å². The van der Waals surface area contributed by atoms with Crippen LogP contribution in [0.5, 0.6) is 5.75 Å². The Kier molecular flexibility index (Phi) is 6.72. The summed E-state index contributed by atoms with van der Waals surface area (Å²) in [6.07, 6.45) is -6.72. The Morgan fingerprint density at radius 3 is 2.41 bits per heavy atom. The van der Waals surface area contributed by atoms with Crippen molar-refractivity contribution in [1.29, 1.82) is 0 Å². The van der Waals surface area contributed by atoms with Crippen molar-refractivity contribution in [3.05, 3.63) is 17.7 Å². The fourth-order valence-electron chi connectivity index (χ4n) is 3.09. The van der Waals surface area contributed by atoms with E-state index in [1.54, 1.807) is 7.05 Å². The topological polar surface area (TPSA) is 76.4 Å². The molecule has 5 nitrogen and oxygen atoms in total. The van der Waals surface area contributed by atoms with Crippen molar-refractivity contribution in [3.8, 4) is 5.75 Å². The van der Waals surface area contributed by atoms with Gasteiger partial charge < -0.3 is 21.1 Å². The van der Waals surface area contributed by atoms with Crippen LogP contribution in [0, 0.1) is 5.92 Å². The molecule has 4 N–H and O–H groups in total. The third-order valence-corrected chi connectivity index (χ3v) is 4.56. The van der Waals surface area contributed by atoms with Gasteiger partial charge in [-0.3, -0.25) is 4.79 Å². The van der Waals surface area contributed by atoms with E-state index in [0.29, 0.717) is 5.69 Å². The van der Waals surface area contributed by atoms with Crippen molar-refractivity contribution in [3.63, 3.8) is 0 Å². The van der Waals surface area contributed by atoms with Gasteiger partial charge in [0.2, 0.25) is 0 Å². The number of nitrogens with two attached hydrogens (primary N) is 1. The number of nitrogen functional groups attached to an aromatic ring is 1. The first-order valence-corrected chi connectivity index (χ1v) is 8.51. The van der Waals surface area contributed by atoms with E-state index in [4.69, 9.17) is 10.5 Å². The number of anilines is 2. The highest BCUT2D eigenvalue weighted by molar-refractivity contribution is 5.99. The second-order valence-corrected chi connectivity index (χ2v) is 6.45. The molecule has 0 atom stereocenters. The summed E-state index contributed by atoms with van der Waals surface area (Å²) in [5, 5.41) is 5.41. The maximum absolute atomic E-state index is 12.7. The van der Waals surface area contributed by atoms with Gasteiger partial charge in [0, 0.05) is 19.2 Å². The molecule has 1 aromatic carbocycles. The molecule has 0 unspecified atom stereocenters. The molecule has 0 aliphatic heterocycles. The van der Waals surface area contributed by atoms with Gasteiger partial charge in [0.15, 0.2) is 0 Å². The van der Waals surface area contributed by atoms with Crippen LogP contribution in [0.2, 0.25) is 0 Å². The van der Waals surface area contributed by atoms with E-state index < -0.39 is 37.1 Å². The van der Waals surface area contributed by atoms with Gasteiger partial charge in [-0.25, -0.2) is 8.78 Å². The molecule has 10 heteroatoms. The third kappa shape index (κ3) is 5.61. The first-order chi connectivity index (χ1) is 12.6. The molecule has 2 rings (SSSR count). The van der Waals surface area contributed by atoms with Crippen molar-refractivity contribution < 1.29 is 31.5 Å². The van der Waals surface area contributed by atoms with Crippen LogP contribution in [0.15, 0.2) is 12.1 Å². The normalized spacial score (nSPS) is 20.4. The van der Waals surface area contributed by atoms with Crippen LogP contribution in [0.4, 0.5) is 33.3 Å². The number of benzene rings is 1. The minimum atomic E-state index is -4.23. The van der Waals surface area contributed by atoms with Gasteiger partial charge in [-0.15, -0.1) is 0 Å². The SMILES string of the molecule is CNc1cc(OCC(F)F)c(C(=O)NC2CCC(C(F)(F)F)CC2)cc1N. The van der Waals surface area contributed by atoms with Crippen LogP contribution in [0.1, 0.15) is 36.0 Å². The number of amides is 1. The fourth-order valence-corrected chi connectivity index (χ4v) is 3.09. The zero-order valence-electron chi connectivity index (χ0n) is 14.7. The molecule has 1 fully saturated rings. The lowest BCUT2D eigenvalue weighted by Crippen LogP contribution is -2.40. The lowest BCUT2D eigenvalue weighted by atomic mass is 9.85. The maximum atomic E-state index is 12.7. The van der Waals surface area contributed by atoms with Crippen LogP contribution in [-0.2, 0) is 0 Å². The van der Waals surface area contributed by atoms with Gasteiger partial charge in [-0.2, -0.15) is 13.2 Å². The summed E-state index contributed by atoms with van der Waals surface area (Å²) in [5.74, 6) is -2.06. The van der Waals surface area contributed by atoms with Crippen molar-refractivity contribution in [2.24, 2.45) is 5.92 Å². The Labute approximate surface area is 153 Å². The van der Waals surface area contributed by atoms with Crippen molar-refractivity contribution in [1.82, 2.24) is 5.32 Å². The van der Waals surface area contributed by atoms with Gasteiger partial charge >= 0.3 is 6.18 Å². The van der Waals surface area contributed by atoms with E-state index in [1.165, 1.54) is 12.1 Å². The van der Waals surface area contributed by atoms with Crippen LogP contribution in [-0.4, -0.2) is 38.2 Å². The molecule has 152 valence electrons. The van der Waals surface area contributed by atoms with Crippen molar-refractivity contribution in [2.75, 3.05) is 24.7 Å². The average Bonchev–Trinajstić information content (AvgIpc) is 2.59. The molecule has 1 aromatic rings. The van der Waals surface area contributed by atoms with E-state index in [9.17, 15) is 26.7 Å². The molecule has 0 saturated heterocycles. The number of halogens is 5. The van der Waals surface area contributed by atoms with Gasteiger partial charge in [0.1, 0.15) is 12.4 Å². The molecule has 0 radical (unpaired) electrons. The predicted molar refractivity (Wildman–Crippen MR) is 91.2 cm³/mol. The van der Waals surface area contributed by atoms with Crippen LogP contribution in [0.3, 0.4) is 0 Å². The highest BCUT2D eigenvalue weighted by atomic mass is 19.4. The van der Waals surface area contributed by atoms with Crippen LogP contribution < -0.4 is 21.1 Å². The summed E-state index contributed by atoms with van der Waals surface area (Å²) in [7, 11) is 1.57. The molecule has 0 spiro atoms. The van der Waals surface area contributed by atoms with Crippen LogP contribution in [0.25, 0.3) is 0 Å². The van der Waals surface area contributed by atoms with E-state index in [2.05, 4.69) is 10.6 Å². The van der Waals surface area contributed by atoms with Crippen molar-refractivity contribution in [2.45, 2.75) is 44.3 Å². The lowest BCUT2D eigenvalue weighted by molar-refractivity contribution is -0.182. The lowest BCUT2D eigenvalue weighted by Gasteiger charge is -2.30. The quantitative estimate of drug-likeness (QED) is 0.506. The molecular formula is C17H22F5N3O2. The van der Waals surface area contributed by atoms with Crippen molar-refractivity contribution >= 4 is 17.3 Å². The Balaban J connectivity index is 2.10. The minimum absolute atomic E-state index is 0.0369. The summed E-state index contributed by atoms with van der Waals surface area (Å²) < 4.78 is 68.1. The van der Waals surface area contributed by atoms with Gasteiger partial charge in [-0.05, 0) is 31.7 Å². The second-order valence-electron chi connectivity index (χ2n) is 6.45. The first-order valence-electron chi connectivity index (χ1n) is 8.51. The Morgan fingerprint density at radius 2 is 1.89 bits per heavy atom. The third-order valence-electron chi connectivity index (χ3n) is 4.56. The van der Waals surface area contributed by atoms with E-state index in [-0.39, 0.29) is 42.7 Å². The van der Waals surface area contributed by atoms with Crippen LogP contribution >= 0.6 is 0 Å². The summed E-state index contributed by atoms with van der Waals surface area (Å²) >= 11 is 0. The predicted octanol–water partition coefficient (Wildman–Crippen LogP) is 3.81. The van der Waals surface area contributed by atoms with E-state index >= 15 is 0 Å². The average molecular weight is 395 g/mol. The van der Waals surface area contributed by atoms with Gasteiger partial charge in [-0.1, -0.05) is 0 Å². The molecule has 1 aliphatic rings. The Bertz CT molecular complexity index is 659. The second kappa shape index (κ2) is 8.62. The van der Waals surface area contributed by atoms with E-state index in [1.807, 2.05) is 0 Å². The minimum Gasteiger partial charge on any atom is -0.487 e. The molecule has 0 heterocycles. The number of carbonyl (C=O) groups is 1. The highest BCUT2D eigenvalue weighted by Gasteiger charge is 2.41. The molecule has 0 bridgehead atoms. The fraction of sp³-hybridized carbons (Fsp3) is 0.588. The number of carbonyl (C=O) groups excluding carboxylic acids is 1. The number of hydrogen-bond acceptors (Lipinski definition) is 4. The zero-order chi connectivity index (χ0) is 20.2. The smallest absolute Gasteiger partial charge is 0.391 e. The number of hydrogen-bond donors (Lipinski definition) is 3. The Morgan fingerprint density at radius 1 is 1.26 bits per heavy atom. The number of nitrogens with one attached hydrogen (secondary N) is 2. The maximum Gasteiger partial charge on any atom is 0.391 e. The largest absolute Gasteiger partial charge is 0.487 e. The van der Waals surface area contributed by atoms with Gasteiger partial charge in [0.05, 0.1) is 22.9 Å². The standard InChI is InChI=1S/C17H22F5N3O2/c1-24-13-7-14(27-8-15(18)19)11(6-12(13)23)16(26)25-10-4-2-9(3-5-10)17(20,21)22/h6-7,9-10,15,24H,2-5,8,23H2,1H3,(H,25,26). The monoisotopic (exact) mass is 395 g/mol. The number of alkyl halides is 5. The summed E-state index contributed by atoms with van der Waals surface area (Å²) in [6.45, 7) is -0.899. The molecule has 1 saturated carbocycles. The molecular weight excluding hydrogens is 373 g/mol. The highest BCUT2D eigenvalue weighted by Crippen LogP contribution is 2.37. The first kappa shape index (κ1) is 21.0. The molecule has 0 aromatic heterocycles. The molecule has 1 amide bonds. The number of rotatable bonds is 6. The zero-order valence-corrected chi connectivity index (χ0v) is 14.7.